The Kier molecular flexibility index (Phi) is 3.64. The van der Waals surface area contributed by atoms with Gasteiger partial charge < -0.3 is 0 Å². The van der Waals surface area contributed by atoms with Gasteiger partial charge in [0.15, 0.2) is 0 Å². The first-order valence-electron chi connectivity index (χ1n) is 3.80. The number of alkyl halides is 8. The van der Waals surface area contributed by atoms with Gasteiger partial charge in [-0.15, -0.1) is 0 Å². The highest BCUT2D eigenvalue weighted by Gasteiger charge is 2.75. The zero-order valence-electron chi connectivity index (χ0n) is 7.68. The van der Waals surface area contributed by atoms with Gasteiger partial charge in [-0.25, -0.2) is 8.78 Å². The predicted molar refractivity (Wildman–Crippen MR) is 35.7 cm³/mol. The lowest BCUT2D eigenvalue weighted by atomic mass is 9.95. The lowest BCUT2D eigenvalue weighted by Crippen LogP contribution is -2.59. The fraction of sp³-hybridized carbons (Fsp3) is 1.00. The molecule has 0 unspecified atom stereocenters. The zero-order valence-corrected chi connectivity index (χ0v) is 7.68. The third-order valence-electron chi connectivity index (χ3n) is 1.84. The minimum absolute atomic E-state index is 0.537. The standard InChI is InChI=1S/C7H8F8/c1-3(2)5(10,11)7(14,15)6(12,13)4(8)9/h3-4H,1-2H3. The smallest absolute Gasteiger partial charge is 0.203 e. The maximum Gasteiger partial charge on any atom is 0.378 e. The molecule has 0 bridgehead atoms. The Hall–Kier alpha value is -0.560. The van der Waals surface area contributed by atoms with Crippen LogP contribution >= 0.6 is 0 Å². The molecule has 0 aliphatic heterocycles. The number of rotatable bonds is 4. The third kappa shape index (κ3) is 2.03. The van der Waals surface area contributed by atoms with E-state index in [9.17, 15) is 35.1 Å². The van der Waals surface area contributed by atoms with Crippen molar-refractivity contribution in [1.29, 1.82) is 0 Å². The predicted octanol–water partition coefficient (Wildman–Crippen LogP) is 3.81. The third-order valence-corrected chi connectivity index (χ3v) is 1.84. The fourth-order valence-electron chi connectivity index (χ4n) is 0.722. The summed E-state index contributed by atoms with van der Waals surface area (Å²) < 4.78 is 97.7. The summed E-state index contributed by atoms with van der Waals surface area (Å²) in [7, 11) is 0. The summed E-state index contributed by atoms with van der Waals surface area (Å²) in [6.45, 7) is 1.07. The van der Waals surface area contributed by atoms with Crippen LogP contribution in [-0.4, -0.2) is 24.2 Å². The molecule has 15 heavy (non-hydrogen) atoms. The van der Waals surface area contributed by atoms with E-state index in [0.717, 1.165) is 0 Å². The molecular formula is C7H8F8. The largest absolute Gasteiger partial charge is 0.378 e. The molecule has 0 rings (SSSR count). The molecular weight excluding hydrogens is 236 g/mol. The molecule has 0 fully saturated rings. The molecule has 0 nitrogen and oxygen atoms in total. The molecule has 8 heteroatoms. The highest BCUT2D eigenvalue weighted by Crippen LogP contribution is 2.51. The summed E-state index contributed by atoms with van der Waals surface area (Å²) in [4.78, 5) is 0. The molecule has 0 aromatic rings. The maximum atomic E-state index is 12.6. The highest BCUT2D eigenvalue weighted by molar-refractivity contribution is 4.99. The van der Waals surface area contributed by atoms with Gasteiger partial charge in [-0.05, 0) is 0 Å². The van der Waals surface area contributed by atoms with E-state index in [1.807, 2.05) is 0 Å². The van der Waals surface area contributed by atoms with Crippen LogP contribution in [-0.2, 0) is 0 Å². The molecule has 0 atom stereocenters. The first kappa shape index (κ1) is 14.4. The SMILES string of the molecule is CC(C)C(F)(F)C(F)(F)C(F)(F)C(F)F. The number of hydrogen-bond acceptors (Lipinski definition) is 0. The van der Waals surface area contributed by atoms with Gasteiger partial charge >= 0.3 is 24.2 Å². The Bertz CT molecular complexity index is 197. The average Bonchev–Trinajstić information content (AvgIpc) is 2.02. The van der Waals surface area contributed by atoms with E-state index < -0.39 is 30.1 Å². The topological polar surface area (TPSA) is 0 Å². The van der Waals surface area contributed by atoms with Crippen molar-refractivity contribution in [2.45, 2.75) is 38.0 Å². The number of hydrogen-bond donors (Lipinski definition) is 0. The van der Waals surface area contributed by atoms with Gasteiger partial charge in [-0.2, -0.15) is 26.3 Å². The van der Waals surface area contributed by atoms with Crippen LogP contribution < -0.4 is 0 Å². The van der Waals surface area contributed by atoms with E-state index >= 15 is 0 Å². The minimum Gasteiger partial charge on any atom is -0.203 e. The monoisotopic (exact) mass is 244 g/mol. The summed E-state index contributed by atoms with van der Waals surface area (Å²) in [5, 5.41) is 0. The summed E-state index contributed by atoms with van der Waals surface area (Å²) >= 11 is 0. The molecule has 92 valence electrons. The van der Waals surface area contributed by atoms with Gasteiger partial charge in [0.1, 0.15) is 0 Å². The summed E-state index contributed by atoms with van der Waals surface area (Å²) in [5.41, 5.74) is 0. The molecule has 0 saturated heterocycles. The van der Waals surface area contributed by atoms with Crippen molar-refractivity contribution in [2.24, 2.45) is 5.92 Å². The summed E-state index contributed by atoms with van der Waals surface area (Å²) in [6, 6.07) is 0. The molecule has 0 aliphatic rings. The van der Waals surface area contributed by atoms with Crippen molar-refractivity contribution in [2.75, 3.05) is 0 Å². The van der Waals surface area contributed by atoms with Crippen LogP contribution in [0.3, 0.4) is 0 Å². The minimum atomic E-state index is -6.08. The van der Waals surface area contributed by atoms with Crippen molar-refractivity contribution >= 4 is 0 Å². The second-order valence-electron chi connectivity index (χ2n) is 3.28. The van der Waals surface area contributed by atoms with Crippen LogP contribution in [0.2, 0.25) is 0 Å². The Morgan fingerprint density at radius 1 is 0.733 bits per heavy atom. The van der Waals surface area contributed by atoms with Crippen LogP contribution in [0.25, 0.3) is 0 Å². The van der Waals surface area contributed by atoms with Crippen molar-refractivity contribution < 1.29 is 35.1 Å². The molecule has 0 heterocycles. The van der Waals surface area contributed by atoms with Gasteiger partial charge in [0.25, 0.3) is 0 Å². The van der Waals surface area contributed by atoms with Crippen molar-refractivity contribution in [3.63, 3.8) is 0 Å². The van der Waals surface area contributed by atoms with E-state index in [-0.39, 0.29) is 0 Å². The molecule has 0 aromatic carbocycles. The molecule has 0 amide bonds. The molecule has 0 aliphatic carbocycles. The van der Waals surface area contributed by atoms with Crippen molar-refractivity contribution in [1.82, 2.24) is 0 Å². The van der Waals surface area contributed by atoms with Crippen LogP contribution in [0.5, 0.6) is 0 Å². The quantitative estimate of drug-likeness (QED) is 0.659. The normalized spacial score (nSPS) is 15.2. The number of halogens is 8. The zero-order chi connectivity index (χ0) is 12.7. The van der Waals surface area contributed by atoms with Gasteiger partial charge in [0.2, 0.25) is 0 Å². The lowest BCUT2D eigenvalue weighted by molar-refractivity contribution is -0.348. The van der Waals surface area contributed by atoms with Gasteiger partial charge in [-0.3, -0.25) is 0 Å². The average molecular weight is 244 g/mol. The van der Waals surface area contributed by atoms with Crippen LogP contribution in [0.15, 0.2) is 0 Å². The van der Waals surface area contributed by atoms with E-state index in [2.05, 4.69) is 0 Å². The summed E-state index contributed by atoms with van der Waals surface area (Å²) in [5.74, 6) is -19.5. The summed E-state index contributed by atoms with van der Waals surface area (Å²) in [6.07, 6.45) is -4.85. The van der Waals surface area contributed by atoms with Gasteiger partial charge in [-0.1, -0.05) is 13.8 Å². The Balaban J connectivity index is 5.30. The Morgan fingerprint density at radius 3 is 1.27 bits per heavy atom. The van der Waals surface area contributed by atoms with E-state index in [0.29, 0.717) is 13.8 Å². The Labute approximate surface area is 80.3 Å². The molecule has 0 aromatic heterocycles. The van der Waals surface area contributed by atoms with Gasteiger partial charge in [0.05, 0.1) is 0 Å². The van der Waals surface area contributed by atoms with E-state index in [1.165, 1.54) is 0 Å². The van der Waals surface area contributed by atoms with Gasteiger partial charge in [0, 0.05) is 5.92 Å². The molecule has 0 saturated carbocycles. The fourth-order valence-corrected chi connectivity index (χ4v) is 0.722. The van der Waals surface area contributed by atoms with Crippen molar-refractivity contribution in [3.05, 3.63) is 0 Å². The van der Waals surface area contributed by atoms with Crippen LogP contribution in [0.4, 0.5) is 35.1 Å². The molecule has 0 spiro atoms. The first-order valence-corrected chi connectivity index (χ1v) is 3.80. The first-order chi connectivity index (χ1) is 6.39. The second-order valence-corrected chi connectivity index (χ2v) is 3.28. The highest BCUT2D eigenvalue weighted by atomic mass is 19.4. The van der Waals surface area contributed by atoms with Crippen LogP contribution in [0.1, 0.15) is 13.8 Å². The van der Waals surface area contributed by atoms with E-state index in [4.69, 9.17) is 0 Å². The Morgan fingerprint density at radius 2 is 1.07 bits per heavy atom. The lowest BCUT2D eigenvalue weighted by Gasteiger charge is -2.34. The maximum absolute atomic E-state index is 12.6. The van der Waals surface area contributed by atoms with Crippen LogP contribution in [0, 0.1) is 5.92 Å². The molecule has 0 radical (unpaired) electrons. The second kappa shape index (κ2) is 3.79. The molecule has 0 N–H and O–H groups in total. The van der Waals surface area contributed by atoms with Crippen molar-refractivity contribution in [3.8, 4) is 0 Å². The van der Waals surface area contributed by atoms with E-state index in [1.54, 1.807) is 0 Å².